The molecule has 8 heteroatoms. The number of hydrogen-bond acceptors (Lipinski definition) is 5. The maximum atomic E-state index is 12.9. The summed E-state index contributed by atoms with van der Waals surface area (Å²) in [6.45, 7) is 4.05. The van der Waals surface area contributed by atoms with Crippen molar-refractivity contribution in [2.75, 3.05) is 42.6 Å². The lowest BCUT2D eigenvalue weighted by Gasteiger charge is -2.37. The first-order chi connectivity index (χ1) is 14.0. The SMILES string of the molecule is CCOC(=O)N1CCN(c2c(Cl)cccc2N2C(=O)c3ccccc3C2=O)CC1. The van der Waals surface area contributed by atoms with Crippen LogP contribution in [0.3, 0.4) is 0 Å². The third-order valence-electron chi connectivity index (χ3n) is 5.12. The van der Waals surface area contributed by atoms with Gasteiger partial charge in [-0.05, 0) is 31.2 Å². The lowest BCUT2D eigenvalue weighted by atomic mass is 10.1. The maximum absolute atomic E-state index is 12.9. The molecule has 0 unspecified atom stereocenters. The molecule has 0 aromatic heterocycles. The number of rotatable bonds is 3. The second kappa shape index (κ2) is 7.75. The number of ether oxygens (including phenoxy) is 1. The standard InChI is InChI=1S/C21H20ClN3O4/c1-2-29-21(28)24-12-10-23(11-13-24)18-16(22)8-5-9-17(18)25-19(26)14-6-3-4-7-15(14)20(25)27/h3-9H,2,10-13H2,1H3. The lowest BCUT2D eigenvalue weighted by Crippen LogP contribution is -2.49. The van der Waals surface area contributed by atoms with Crippen molar-refractivity contribution in [1.82, 2.24) is 4.90 Å². The minimum atomic E-state index is -0.362. The van der Waals surface area contributed by atoms with Crippen LogP contribution in [0.4, 0.5) is 16.2 Å². The van der Waals surface area contributed by atoms with Gasteiger partial charge in [0.25, 0.3) is 11.8 Å². The summed E-state index contributed by atoms with van der Waals surface area (Å²) in [5, 5.41) is 0.448. The van der Waals surface area contributed by atoms with E-state index in [0.29, 0.717) is 60.3 Å². The van der Waals surface area contributed by atoms with E-state index in [-0.39, 0.29) is 17.9 Å². The Hall–Kier alpha value is -3.06. The number of fused-ring (bicyclic) bond motifs is 1. The van der Waals surface area contributed by atoms with Gasteiger partial charge in [-0.15, -0.1) is 0 Å². The first-order valence-electron chi connectivity index (χ1n) is 9.46. The Bertz CT molecular complexity index is 951. The van der Waals surface area contributed by atoms with Crippen LogP contribution in [0.25, 0.3) is 0 Å². The fourth-order valence-corrected chi connectivity index (χ4v) is 4.02. The van der Waals surface area contributed by atoms with E-state index in [1.54, 1.807) is 54.3 Å². The van der Waals surface area contributed by atoms with Crippen LogP contribution >= 0.6 is 11.6 Å². The number of anilines is 2. The van der Waals surface area contributed by atoms with Crippen molar-refractivity contribution in [1.29, 1.82) is 0 Å². The van der Waals surface area contributed by atoms with Crippen molar-refractivity contribution in [3.8, 4) is 0 Å². The van der Waals surface area contributed by atoms with Crippen LogP contribution in [-0.2, 0) is 4.74 Å². The van der Waals surface area contributed by atoms with Gasteiger partial charge in [-0.25, -0.2) is 9.69 Å². The van der Waals surface area contributed by atoms with Crippen LogP contribution in [0.2, 0.25) is 5.02 Å². The van der Waals surface area contributed by atoms with E-state index in [2.05, 4.69) is 0 Å². The van der Waals surface area contributed by atoms with Crippen LogP contribution in [0.1, 0.15) is 27.6 Å². The highest BCUT2D eigenvalue weighted by Crippen LogP contribution is 2.40. The Kier molecular flexibility index (Phi) is 5.15. The molecule has 29 heavy (non-hydrogen) atoms. The zero-order valence-corrected chi connectivity index (χ0v) is 16.7. The van der Waals surface area contributed by atoms with Crippen molar-refractivity contribution < 1.29 is 19.1 Å². The van der Waals surface area contributed by atoms with Crippen molar-refractivity contribution in [3.63, 3.8) is 0 Å². The van der Waals surface area contributed by atoms with Gasteiger partial charge < -0.3 is 14.5 Å². The highest BCUT2D eigenvalue weighted by Gasteiger charge is 2.38. The maximum Gasteiger partial charge on any atom is 0.409 e. The molecule has 4 rings (SSSR count). The van der Waals surface area contributed by atoms with Gasteiger partial charge in [-0.3, -0.25) is 9.59 Å². The summed E-state index contributed by atoms with van der Waals surface area (Å²) < 4.78 is 5.06. The number of carbonyl (C=O) groups excluding carboxylic acids is 3. The summed E-state index contributed by atoms with van der Waals surface area (Å²) in [6, 6.07) is 12.0. The van der Waals surface area contributed by atoms with Gasteiger partial charge in [0.1, 0.15) is 0 Å². The van der Waals surface area contributed by atoms with Gasteiger partial charge in [0, 0.05) is 26.2 Å². The highest BCUT2D eigenvalue weighted by molar-refractivity contribution is 6.38. The third kappa shape index (κ3) is 3.31. The summed E-state index contributed by atoms with van der Waals surface area (Å²) in [7, 11) is 0. The molecule has 2 aliphatic heterocycles. The number of hydrogen-bond donors (Lipinski definition) is 0. The average molecular weight is 414 g/mol. The van der Waals surface area contributed by atoms with E-state index < -0.39 is 0 Å². The zero-order valence-electron chi connectivity index (χ0n) is 15.9. The molecule has 0 bridgehead atoms. The number of para-hydroxylation sites is 1. The number of amides is 3. The highest BCUT2D eigenvalue weighted by atomic mass is 35.5. The lowest BCUT2D eigenvalue weighted by molar-refractivity contribution is 0.0926. The molecule has 0 N–H and O–H groups in total. The van der Waals surface area contributed by atoms with E-state index in [0.717, 1.165) is 0 Å². The third-order valence-corrected chi connectivity index (χ3v) is 5.43. The summed E-state index contributed by atoms with van der Waals surface area (Å²) >= 11 is 6.50. The topological polar surface area (TPSA) is 70.2 Å². The van der Waals surface area contributed by atoms with Crippen molar-refractivity contribution in [2.24, 2.45) is 0 Å². The molecule has 7 nitrogen and oxygen atoms in total. The average Bonchev–Trinajstić information content (AvgIpc) is 2.99. The minimum Gasteiger partial charge on any atom is -0.450 e. The van der Waals surface area contributed by atoms with Gasteiger partial charge >= 0.3 is 6.09 Å². The first-order valence-corrected chi connectivity index (χ1v) is 9.83. The van der Waals surface area contributed by atoms with Crippen LogP contribution < -0.4 is 9.80 Å². The Balaban J connectivity index is 1.64. The quantitative estimate of drug-likeness (QED) is 0.721. The number of nitrogens with zero attached hydrogens (tertiary/aromatic N) is 3. The predicted molar refractivity (Wildman–Crippen MR) is 110 cm³/mol. The minimum absolute atomic E-state index is 0.327. The van der Waals surface area contributed by atoms with Crippen molar-refractivity contribution >= 4 is 40.9 Å². The second-order valence-corrected chi connectivity index (χ2v) is 7.18. The molecule has 0 atom stereocenters. The van der Waals surface area contributed by atoms with Crippen LogP contribution in [-0.4, -0.2) is 55.6 Å². The van der Waals surface area contributed by atoms with Crippen LogP contribution in [0.5, 0.6) is 0 Å². The molecule has 2 aromatic rings. The summed E-state index contributed by atoms with van der Waals surface area (Å²) in [4.78, 5) is 42.7. The molecule has 1 fully saturated rings. The van der Waals surface area contributed by atoms with E-state index >= 15 is 0 Å². The molecule has 0 saturated carbocycles. The number of imide groups is 1. The van der Waals surface area contributed by atoms with Crippen molar-refractivity contribution in [3.05, 3.63) is 58.6 Å². The molecule has 2 aliphatic rings. The molecule has 150 valence electrons. The summed E-state index contributed by atoms with van der Waals surface area (Å²) in [6.07, 6.45) is -0.341. The largest absolute Gasteiger partial charge is 0.450 e. The van der Waals surface area contributed by atoms with E-state index in [1.165, 1.54) is 4.90 Å². The van der Waals surface area contributed by atoms with Gasteiger partial charge in [0.2, 0.25) is 0 Å². The van der Waals surface area contributed by atoms with E-state index in [4.69, 9.17) is 16.3 Å². The Morgan fingerprint density at radius 3 is 2.17 bits per heavy atom. The fraction of sp³-hybridized carbons (Fsp3) is 0.286. The molecule has 0 radical (unpaired) electrons. The van der Waals surface area contributed by atoms with Gasteiger partial charge in [-0.1, -0.05) is 29.8 Å². The normalized spacial score (nSPS) is 16.3. The molecule has 2 aromatic carbocycles. The molecular weight excluding hydrogens is 394 g/mol. The van der Waals surface area contributed by atoms with E-state index in [9.17, 15) is 14.4 Å². The molecule has 1 saturated heterocycles. The summed E-state index contributed by atoms with van der Waals surface area (Å²) in [5.74, 6) is -0.724. The fourth-order valence-electron chi connectivity index (χ4n) is 3.73. The zero-order chi connectivity index (χ0) is 20.5. The molecule has 0 aliphatic carbocycles. The van der Waals surface area contributed by atoms with Crippen molar-refractivity contribution in [2.45, 2.75) is 6.92 Å². The monoisotopic (exact) mass is 413 g/mol. The predicted octanol–water partition coefficient (Wildman–Crippen LogP) is 3.42. The first kappa shape index (κ1) is 19.3. The van der Waals surface area contributed by atoms with E-state index in [1.807, 2.05) is 4.90 Å². The van der Waals surface area contributed by atoms with Gasteiger partial charge in [-0.2, -0.15) is 0 Å². The molecule has 0 spiro atoms. The Morgan fingerprint density at radius 2 is 1.59 bits per heavy atom. The van der Waals surface area contributed by atoms with Crippen LogP contribution in [0, 0.1) is 0 Å². The number of benzene rings is 2. The number of halogens is 1. The molecule has 3 amide bonds. The molecule has 2 heterocycles. The van der Waals surface area contributed by atoms with Gasteiger partial charge in [0.15, 0.2) is 0 Å². The number of piperazine rings is 1. The van der Waals surface area contributed by atoms with Crippen LogP contribution in [0.15, 0.2) is 42.5 Å². The Morgan fingerprint density at radius 1 is 0.966 bits per heavy atom. The van der Waals surface area contributed by atoms with Gasteiger partial charge in [0.05, 0.1) is 34.1 Å². The molecular formula is C21H20ClN3O4. The Labute approximate surface area is 173 Å². The summed E-state index contributed by atoms with van der Waals surface area (Å²) in [5.41, 5.74) is 1.84. The number of carbonyl (C=O) groups is 3. The second-order valence-electron chi connectivity index (χ2n) is 6.77. The smallest absolute Gasteiger partial charge is 0.409 e.